The summed E-state index contributed by atoms with van der Waals surface area (Å²) in [4.78, 5) is 27.8. The zero-order valence-electron chi connectivity index (χ0n) is 14.4. The third kappa shape index (κ3) is 2.80. The molecule has 2 N–H and O–H groups in total. The van der Waals surface area contributed by atoms with Crippen LogP contribution < -0.4 is 17.0 Å². The van der Waals surface area contributed by atoms with E-state index in [1.165, 1.54) is 4.57 Å². The lowest BCUT2D eigenvalue weighted by molar-refractivity contribution is 0.376. The van der Waals surface area contributed by atoms with Crippen molar-refractivity contribution in [3.8, 4) is 0 Å². The summed E-state index contributed by atoms with van der Waals surface area (Å²) in [6, 6.07) is 11.1. The van der Waals surface area contributed by atoms with E-state index in [4.69, 9.17) is 5.73 Å². The van der Waals surface area contributed by atoms with Crippen molar-refractivity contribution in [1.82, 2.24) is 13.9 Å². The zero-order chi connectivity index (χ0) is 17.0. The Morgan fingerprint density at radius 1 is 1.00 bits per heavy atom. The van der Waals surface area contributed by atoms with Crippen LogP contribution in [0.2, 0.25) is 0 Å². The highest BCUT2D eigenvalue weighted by Gasteiger charge is 2.18. The highest BCUT2D eigenvalue weighted by atomic mass is 35.5. The molecule has 0 bridgehead atoms. The molecule has 6 nitrogen and oxygen atoms in total. The van der Waals surface area contributed by atoms with E-state index in [1.54, 1.807) is 10.5 Å². The molecule has 0 fully saturated rings. The van der Waals surface area contributed by atoms with Crippen LogP contribution in [0.25, 0.3) is 27.2 Å². The molecular weight excluding hydrogens is 375 g/mol. The molecule has 2 aromatic heterocycles. The van der Waals surface area contributed by atoms with E-state index in [2.05, 4.69) is 0 Å². The molecule has 138 valence electrons. The highest BCUT2D eigenvalue weighted by molar-refractivity contribution is 6.14. The van der Waals surface area contributed by atoms with Crippen LogP contribution in [0.5, 0.6) is 0 Å². The fourth-order valence-corrected chi connectivity index (χ4v) is 3.33. The Morgan fingerprint density at radius 2 is 1.65 bits per heavy atom. The first kappa shape index (κ1) is 20.0. The Balaban J connectivity index is 0.00000121. The minimum Gasteiger partial charge on any atom is -0.399 e. The molecule has 0 unspecified atom stereocenters. The van der Waals surface area contributed by atoms with Gasteiger partial charge < -0.3 is 10.6 Å². The molecule has 4 aromatic rings. The molecule has 0 aliphatic heterocycles. The average molecular weight is 395 g/mol. The van der Waals surface area contributed by atoms with Crippen LogP contribution in [0.4, 0.5) is 5.69 Å². The van der Waals surface area contributed by atoms with Crippen molar-refractivity contribution >= 4 is 57.7 Å². The molecule has 0 saturated heterocycles. The van der Waals surface area contributed by atoms with Gasteiger partial charge in [0.25, 0.3) is 5.56 Å². The predicted octanol–water partition coefficient (Wildman–Crippen LogP) is 2.19. The second kappa shape index (κ2) is 7.15. The SMILES string of the molecule is CN(C)CCn1c(=O)c2cc(N)cc3c4ccccc4n(c1=O)c23.Cl.Cl. The monoisotopic (exact) mass is 394 g/mol. The normalized spacial score (nSPS) is 11.2. The molecule has 2 heterocycles. The first-order valence-corrected chi connectivity index (χ1v) is 7.82. The van der Waals surface area contributed by atoms with Gasteiger partial charge in [0, 0.05) is 29.5 Å². The molecular formula is C18H20Cl2N4O2. The molecule has 0 saturated carbocycles. The van der Waals surface area contributed by atoms with E-state index in [0.29, 0.717) is 29.7 Å². The van der Waals surface area contributed by atoms with Crippen LogP contribution in [-0.4, -0.2) is 34.5 Å². The molecule has 0 amide bonds. The fourth-order valence-electron chi connectivity index (χ4n) is 3.33. The standard InChI is InChI=1S/C18H18N4O2.2ClH/c1-20(2)7-8-21-17(23)14-10-11(19)9-13-12-5-3-4-6-15(12)22(16(13)14)18(21)24;;/h3-6,9-10H,7-8,19H2,1-2H3;2*1H. The molecule has 26 heavy (non-hydrogen) atoms. The molecule has 0 radical (unpaired) electrons. The van der Waals surface area contributed by atoms with Gasteiger partial charge in [-0.1, -0.05) is 18.2 Å². The first-order valence-electron chi connectivity index (χ1n) is 7.82. The minimum absolute atomic E-state index is 0. The van der Waals surface area contributed by atoms with Gasteiger partial charge in [-0.25, -0.2) is 4.79 Å². The summed E-state index contributed by atoms with van der Waals surface area (Å²) in [5.41, 5.74) is 7.41. The lowest BCUT2D eigenvalue weighted by Crippen LogP contribution is -2.39. The van der Waals surface area contributed by atoms with Gasteiger partial charge in [-0.2, -0.15) is 0 Å². The van der Waals surface area contributed by atoms with E-state index >= 15 is 0 Å². The van der Waals surface area contributed by atoms with Gasteiger partial charge in [-0.15, -0.1) is 24.8 Å². The maximum atomic E-state index is 13.0. The molecule has 0 atom stereocenters. The molecule has 2 aromatic carbocycles. The number of hydrogen-bond acceptors (Lipinski definition) is 4. The largest absolute Gasteiger partial charge is 0.399 e. The number of benzene rings is 2. The van der Waals surface area contributed by atoms with Gasteiger partial charge in [0.1, 0.15) is 0 Å². The minimum atomic E-state index is -0.301. The van der Waals surface area contributed by atoms with Gasteiger partial charge in [-0.3, -0.25) is 13.8 Å². The van der Waals surface area contributed by atoms with Crippen LogP contribution in [-0.2, 0) is 6.54 Å². The smallest absolute Gasteiger partial charge is 0.336 e. The number of likely N-dealkylation sites (N-methyl/N-ethyl adjacent to an activating group) is 1. The third-order valence-corrected chi connectivity index (χ3v) is 4.46. The summed E-state index contributed by atoms with van der Waals surface area (Å²) in [6.07, 6.45) is 0. The molecule has 0 spiro atoms. The predicted molar refractivity (Wildman–Crippen MR) is 112 cm³/mol. The van der Waals surface area contributed by atoms with Gasteiger partial charge in [0.2, 0.25) is 0 Å². The van der Waals surface area contributed by atoms with Gasteiger partial charge >= 0.3 is 5.69 Å². The van der Waals surface area contributed by atoms with Crippen molar-refractivity contribution in [3.05, 3.63) is 57.2 Å². The summed E-state index contributed by atoms with van der Waals surface area (Å²) < 4.78 is 2.93. The molecule has 4 rings (SSSR count). The van der Waals surface area contributed by atoms with Crippen molar-refractivity contribution in [2.24, 2.45) is 0 Å². The lowest BCUT2D eigenvalue weighted by atomic mass is 10.1. The van der Waals surface area contributed by atoms with E-state index in [1.807, 2.05) is 49.3 Å². The molecule has 0 aliphatic rings. The van der Waals surface area contributed by atoms with Crippen LogP contribution >= 0.6 is 24.8 Å². The number of hydrogen-bond donors (Lipinski definition) is 1. The van der Waals surface area contributed by atoms with Crippen LogP contribution in [0.3, 0.4) is 0 Å². The summed E-state index contributed by atoms with van der Waals surface area (Å²) in [7, 11) is 3.82. The molecule has 8 heteroatoms. The number of nitrogens with zero attached hydrogens (tertiary/aromatic N) is 3. The maximum Gasteiger partial charge on any atom is 0.336 e. The molecule has 0 aliphatic carbocycles. The second-order valence-corrected chi connectivity index (χ2v) is 6.36. The van der Waals surface area contributed by atoms with Gasteiger partial charge in [0.05, 0.1) is 16.4 Å². The number of rotatable bonds is 3. The topological polar surface area (TPSA) is 72.7 Å². The highest BCUT2D eigenvalue weighted by Crippen LogP contribution is 2.31. The number of aromatic nitrogens is 2. The van der Waals surface area contributed by atoms with Crippen LogP contribution in [0.1, 0.15) is 0 Å². The van der Waals surface area contributed by atoms with Crippen LogP contribution in [0, 0.1) is 0 Å². The fraction of sp³-hybridized carbons (Fsp3) is 0.222. The van der Waals surface area contributed by atoms with E-state index in [9.17, 15) is 9.59 Å². The Kier molecular flexibility index (Phi) is 5.51. The zero-order valence-corrected chi connectivity index (χ0v) is 16.1. The third-order valence-electron chi connectivity index (χ3n) is 4.46. The van der Waals surface area contributed by atoms with E-state index in [-0.39, 0.29) is 36.1 Å². The number of nitrogens with two attached hydrogens (primary N) is 1. The van der Waals surface area contributed by atoms with Crippen LogP contribution in [0.15, 0.2) is 46.0 Å². The Bertz CT molecular complexity index is 1200. The average Bonchev–Trinajstić information content (AvgIpc) is 2.87. The van der Waals surface area contributed by atoms with Crippen molar-refractivity contribution in [2.75, 3.05) is 26.4 Å². The number of fused-ring (bicyclic) bond motifs is 3. The quantitative estimate of drug-likeness (QED) is 0.540. The van der Waals surface area contributed by atoms with E-state index in [0.717, 1.165) is 16.3 Å². The number of nitrogen functional groups attached to an aromatic ring is 1. The Morgan fingerprint density at radius 3 is 2.35 bits per heavy atom. The number of para-hydroxylation sites is 1. The summed E-state index contributed by atoms with van der Waals surface area (Å²) in [5, 5.41) is 2.26. The van der Waals surface area contributed by atoms with Gasteiger partial charge in [0.15, 0.2) is 0 Å². The maximum absolute atomic E-state index is 13.0. The van der Waals surface area contributed by atoms with Crippen molar-refractivity contribution < 1.29 is 0 Å². The lowest BCUT2D eigenvalue weighted by Gasteiger charge is -2.12. The van der Waals surface area contributed by atoms with Crippen molar-refractivity contribution in [2.45, 2.75) is 6.54 Å². The van der Waals surface area contributed by atoms with Crippen molar-refractivity contribution in [1.29, 1.82) is 0 Å². The second-order valence-electron chi connectivity index (χ2n) is 6.36. The van der Waals surface area contributed by atoms with E-state index < -0.39 is 0 Å². The van der Waals surface area contributed by atoms with Crippen molar-refractivity contribution in [3.63, 3.8) is 0 Å². The van der Waals surface area contributed by atoms with Gasteiger partial charge in [-0.05, 0) is 32.3 Å². The Labute approximate surface area is 162 Å². The Hall–Kier alpha value is -2.28. The number of halogens is 2. The number of anilines is 1. The summed E-state index contributed by atoms with van der Waals surface area (Å²) >= 11 is 0. The first-order chi connectivity index (χ1) is 11.5. The summed E-state index contributed by atoms with van der Waals surface area (Å²) in [5.74, 6) is 0. The summed E-state index contributed by atoms with van der Waals surface area (Å²) in [6.45, 7) is 0.949.